The summed E-state index contributed by atoms with van der Waals surface area (Å²) in [4.78, 5) is 127. The van der Waals surface area contributed by atoms with Crippen LogP contribution in [-0.4, -0.2) is 150 Å². The zero-order valence-corrected chi connectivity index (χ0v) is 60.8. The van der Waals surface area contributed by atoms with Gasteiger partial charge in [-0.05, 0) is 129 Å². The number of nitrogens with one attached hydrogen (secondary N) is 5. The Bertz CT molecular complexity index is 5240. The van der Waals surface area contributed by atoms with Crippen LogP contribution in [-0.2, 0) is 19.7 Å². The van der Waals surface area contributed by atoms with Crippen molar-refractivity contribution in [3.8, 4) is 45.8 Å². The predicted octanol–water partition coefficient (Wildman–Crippen LogP) is 11.9. The highest BCUT2D eigenvalue weighted by atomic mass is 35.5. The van der Waals surface area contributed by atoms with Gasteiger partial charge in [-0.25, -0.2) is 41.6 Å². The Balaban J connectivity index is 0.000000162. The number of hydrogen-bond acceptors (Lipinski definition) is 28. The average molecular weight is 1550 g/mol. The number of thioether (sulfide) groups is 2. The van der Waals surface area contributed by atoms with Gasteiger partial charge in [0.1, 0.15) is 23.0 Å². The lowest BCUT2D eigenvalue weighted by Gasteiger charge is -2.08. The van der Waals surface area contributed by atoms with Gasteiger partial charge in [-0.2, -0.15) is 39.9 Å². The summed E-state index contributed by atoms with van der Waals surface area (Å²) < 4.78 is 46.3. The minimum Gasteiger partial charge on any atom is -0.308 e. The number of nitro groups is 1. The maximum atomic E-state index is 12.5. The van der Waals surface area contributed by atoms with E-state index in [4.69, 9.17) is 34.8 Å². The lowest BCUT2D eigenvalue weighted by molar-refractivity contribution is -0.384. The zero-order chi connectivity index (χ0) is 75.4. The normalized spacial score (nSPS) is 10.8. The summed E-state index contributed by atoms with van der Waals surface area (Å²) >= 11 is 20.8. The molecule has 5 N–H and O–H groups in total. The molecular weight excluding hydrogens is 1500 g/mol. The van der Waals surface area contributed by atoms with Crippen molar-refractivity contribution in [1.29, 1.82) is 0 Å². The summed E-state index contributed by atoms with van der Waals surface area (Å²) in [7, 11) is -6.85. The van der Waals surface area contributed by atoms with E-state index in [9.17, 15) is 46.1 Å². The number of rotatable bonds is 17. The van der Waals surface area contributed by atoms with E-state index in [0.29, 0.717) is 62.1 Å². The molecule has 12 aromatic rings. The SMILES string of the molecule is CSc1nc(NC(=O)Nc2ccccc2)nc(-c2ccccn2)n1.CSc1nc(NC(=O)c2cc([N+](=O)[O-])ccc2Cl)nc(-c2ccccn2)n1.Cc1nc(NC(=O)c2ccc(S(C)(=O)=O)cc2Cl)nc(-c2cccnc2)n1.Cc1nc(NC(=O)c2ccc(S(C)(=O)=O)cc2Cl)nc(-c2ccncc2)n1. The quantitative estimate of drug-likeness (QED) is 0.0321. The minimum atomic E-state index is -3.42. The van der Waals surface area contributed by atoms with Crippen LogP contribution in [0.4, 0.5) is 40.0 Å². The molecule has 8 heterocycles. The Kier molecular flexibility index (Phi) is 26.3. The Morgan fingerprint density at radius 2 is 0.895 bits per heavy atom. The Morgan fingerprint density at radius 1 is 0.429 bits per heavy atom. The van der Waals surface area contributed by atoms with Gasteiger partial charge in [-0.3, -0.25) is 65.7 Å². The van der Waals surface area contributed by atoms with Crippen LogP contribution in [0.15, 0.2) is 203 Å². The monoisotopic (exact) mass is 1550 g/mol. The van der Waals surface area contributed by atoms with Crippen molar-refractivity contribution < 1.29 is 40.9 Å². The highest BCUT2D eigenvalue weighted by Crippen LogP contribution is 2.28. The third kappa shape index (κ3) is 22.3. The zero-order valence-electron chi connectivity index (χ0n) is 55.3. The first-order chi connectivity index (χ1) is 50.2. The molecule has 0 saturated carbocycles. The van der Waals surface area contributed by atoms with Crippen LogP contribution in [0.3, 0.4) is 0 Å². The van der Waals surface area contributed by atoms with Gasteiger partial charge in [0.25, 0.3) is 23.4 Å². The molecule has 4 aromatic carbocycles. The van der Waals surface area contributed by atoms with Gasteiger partial charge in [-0.15, -0.1) is 0 Å². The van der Waals surface area contributed by atoms with Crippen LogP contribution >= 0.6 is 58.3 Å². The molecule has 532 valence electrons. The molecule has 105 heavy (non-hydrogen) atoms. The average Bonchev–Trinajstić information content (AvgIpc) is 0.817. The fourth-order valence-corrected chi connectivity index (χ4v) is 11.3. The van der Waals surface area contributed by atoms with E-state index in [1.54, 1.807) is 118 Å². The number of pyridine rings is 4. The van der Waals surface area contributed by atoms with Crippen molar-refractivity contribution in [3.63, 3.8) is 0 Å². The number of urea groups is 1. The lowest BCUT2D eigenvalue weighted by atomic mass is 10.2. The molecule has 0 spiro atoms. The number of carbonyl (C=O) groups excluding carboxylic acids is 4. The second-order valence-electron chi connectivity index (χ2n) is 21.0. The standard InChI is InChI=1S/2C17H14ClN5O3S.C16H11ClN6O3S.C16H14N6OS/c1-10-20-15(11-5-7-19-8-6-11)22-17(21-10)23-16(24)13-4-3-12(9-14(13)18)27(2,25)26;1-10-20-15(11-4-3-7-19-9-11)22-17(21-10)23-16(24)13-6-5-12(8-14(13)18)27(2,25)26;1-27-16-20-13(12-4-2-3-7-18-12)19-15(22-16)21-14(24)10-8-9(23(25)26)5-6-11(10)17;1-24-16-20-13(12-9-5-6-10-17-12)19-14(22-16)21-15(23)18-11-7-3-2-4-8-11/h2*3-9H,1-2H3,(H,20,21,22,23,24);2-8H,1H3,(H,19,20,21,22,24);2-10H,1H3,(H2,18,19,20,21,22,23). The fourth-order valence-electron chi connectivity index (χ4n) is 8.47. The first-order valence-corrected chi connectivity index (χ1v) is 37.3. The van der Waals surface area contributed by atoms with Crippen molar-refractivity contribution in [1.82, 2.24) is 79.7 Å². The molecule has 0 saturated heterocycles. The van der Waals surface area contributed by atoms with E-state index in [1.165, 1.54) is 72.1 Å². The summed E-state index contributed by atoms with van der Waals surface area (Å²) in [6, 6.07) is 37.8. The van der Waals surface area contributed by atoms with Crippen LogP contribution in [0.5, 0.6) is 0 Å². The molecule has 0 atom stereocenters. The van der Waals surface area contributed by atoms with Gasteiger partial charge in [-0.1, -0.05) is 88.7 Å². The highest BCUT2D eigenvalue weighted by Gasteiger charge is 2.22. The van der Waals surface area contributed by atoms with E-state index < -0.39 is 48.4 Å². The first-order valence-electron chi connectivity index (χ1n) is 29.9. The largest absolute Gasteiger partial charge is 0.326 e. The number of halogens is 3. The van der Waals surface area contributed by atoms with Gasteiger partial charge in [0.05, 0.1) is 46.5 Å². The second kappa shape index (κ2) is 35.8. The Morgan fingerprint density at radius 3 is 1.34 bits per heavy atom. The van der Waals surface area contributed by atoms with E-state index in [1.807, 2.05) is 36.6 Å². The first kappa shape index (κ1) is 77.2. The highest BCUT2D eigenvalue weighted by molar-refractivity contribution is 7.98. The van der Waals surface area contributed by atoms with Gasteiger partial charge in [0.2, 0.25) is 23.8 Å². The molecule has 0 radical (unpaired) electrons. The van der Waals surface area contributed by atoms with Gasteiger partial charge >= 0.3 is 6.03 Å². The number of nitro benzene ring substituents is 1. The number of aryl methyl sites for hydroxylation is 2. The van der Waals surface area contributed by atoms with Crippen molar-refractivity contribution in [3.05, 3.63) is 236 Å². The number of anilines is 5. The Labute approximate surface area is 621 Å². The van der Waals surface area contributed by atoms with Crippen molar-refractivity contribution in [2.24, 2.45) is 0 Å². The van der Waals surface area contributed by atoms with Gasteiger partial charge in [0.15, 0.2) is 53.3 Å². The molecule has 5 amide bonds. The molecule has 0 aliphatic heterocycles. The predicted molar refractivity (Wildman–Crippen MR) is 395 cm³/mol. The molecular formula is C66H53Cl3N22O10S4. The van der Waals surface area contributed by atoms with Crippen LogP contribution in [0.2, 0.25) is 15.1 Å². The molecule has 0 unspecified atom stereocenters. The fraction of sp³-hybridized carbons (Fsp3) is 0.0909. The number of aromatic nitrogens is 16. The van der Waals surface area contributed by atoms with Crippen molar-refractivity contribution in [2.75, 3.05) is 51.6 Å². The van der Waals surface area contributed by atoms with Crippen LogP contribution in [0.25, 0.3) is 45.8 Å². The summed E-state index contributed by atoms with van der Waals surface area (Å²) in [5.74, 6) is 0.748. The number of hydrogen-bond donors (Lipinski definition) is 5. The molecule has 8 aromatic heterocycles. The van der Waals surface area contributed by atoms with E-state index in [0.717, 1.165) is 24.1 Å². The molecule has 39 heteroatoms. The number of sulfone groups is 2. The van der Waals surface area contributed by atoms with Gasteiger partial charge in [0, 0.05) is 78.6 Å². The third-order valence-corrected chi connectivity index (χ3v) is 17.6. The molecule has 0 aliphatic carbocycles. The number of amides is 5. The van der Waals surface area contributed by atoms with Crippen molar-refractivity contribution in [2.45, 2.75) is 34.0 Å². The second-order valence-corrected chi connectivity index (χ2v) is 27.8. The summed E-state index contributed by atoms with van der Waals surface area (Å²) in [5, 5.41) is 24.8. The van der Waals surface area contributed by atoms with Gasteiger partial charge < -0.3 is 5.32 Å². The molecule has 12 rings (SSSR count). The minimum absolute atomic E-state index is 0.00804. The molecule has 0 aliphatic rings. The van der Waals surface area contributed by atoms with Crippen LogP contribution < -0.4 is 26.6 Å². The van der Waals surface area contributed by atoms with Crippen molar-refractivity contribution >= 4 is 137 Å². The maximum absolute atomic E-state index is 12.5. The summed E-state index contributed by atoms with van der Waals surface area (Å²) in [5.41, 5.74) is 3.10. The van der Waals surface area contributed by atoms with E-state index >= 15 is 0 Å². The van der Waals surface area contributed by atoms with E-state index in [-0.39, 0.29) is 76.9 Å². The lowest BCUT2D eigenvalue weighted by Crippen LogP contribution is -2.21. The smallest absolute Gasteiger partial charge is 0.308 e. The molecule has 0 fully saturated rings. The number of carbonyl (C=O) groups is 4. The number of nitrogens with zero attached hydrogens (tertiary/aromatic N) is 17. The van der Waals surface area contributed by atoms with E-state index in [2.05, 4.69) is 106 Å². The molecule has 32 nitrogen and oxygen atoms in total. The third-order valence-electron chi connectivity index (χ3n) is 13.3. The van der Waals surface area contributed by atoms with Crippen LogP contribution in [0.1, 0.15) is 42.7 Å². The number of non-ortho nitro benzene ring substituents is 1. The number of benzene rings is 4. The van der Waals surface area contributed by atoms with Crippen LogP contribution in [0, 0.1) is 24.0 Å². The molecule has 0 bridgehead atoms. The summed E-state index contributed by atoms with van der Waals surface area (Å²) in [6.45, 7) is 3.35. The Hall–Kier alpha value is -11.9. The topological polar surface area (TPSA) is 446 Å². The maximum Gasteiger partial charge on any atom is 0.326 e. The summed E-state index contributed by atoms with van der Waals surface area (Å²) in [6.07, 6.45) is 15.5. The number of para-hydroxylation sites is 1.